The molecule has 1 N–H and O–H groups in total. The van der Waals surface area contributed by atoms with Crippen LogP contribution in [0.4, 0.5) is 11.6 Å². The Morgan fingerprint density at radius 2 is 1.85 bits per heavy atom. The number of piperidine rings is 1. The molecule has 0 atom stereocenters. The van der Waals surface area contributed by atoms with Crippen molar-refractivity contribution in [3.63, 3.8) is 0 Å². The van der Waals surface area contributed by atoms with E-state index < -0.39 is 0 Å². The first-order chi connectivity index (χ1) is 13.1. The van der Waals surface area contributed by atoms with Crippen molar-refractivity contribution in [2.45, 2.75) is 12.8 Å². The average Bonchev–Trinajstić information content (AvgIpc) is 2.70. The number of benzene rings is 1. The number of amides is 1. The molecule has 0 radical (unpaired) electrons. The molecule has 1 aliphatic heterocycles. The number of anilines is 2. The van der Waals surface area contributed by atoms with Gasteiger partial charge in [0.15, 0.2) is 0 Å². The third-order valence-electron chi connectivity index (χ3n) is 4.63. The largest absolute Gasteiger partial charge is 0.492 e. The second-order valence-electron chi connectivity index (χ2n) is 6.98. The normalized spacial score (nSPS) is 15.0. The molecule has 0 spiro atoms. The minimum absolute atomic E-state index is 0.0148. The molecule has 0 bridgehead atoms. The second-order valence-corrected chi connectivity index (χ2v) is 6.98. The maximum atomic E-state index is 12.5. The fourth-order valence-electron chi connectivity index (χ4n) is 3.02. The van der Waals surface area contributed by atoms with Gasteiger partial charge in [0.05, 0.1) is 0 Å². The van der Waals surface area contributed by atoms with Gasteiger partial charge in [-0.1, -0.05) is 0 Å². The van der Waals surface area contributed by atoms with Gasteiger partial charge < -0.3 is 19.9 Å². The van der Waals surface area contributed by atoms with Gasteiger partial charge in [0, 0.05) is 43.6 Å². The Hall–Kier alpha value is -2.67. The molecular weight excluding hydrogens is 342 g/mol. The van der Waals surface area contributed by atoms with Crippen LogP contribution in [0.15, 0.2) is 42.7 Å². The molecular formula is C20H27N5O2. The zero-order chi connectivity index (χ0) is 19.1. The van der Waals surface area contributed by atoms with Crippen molar-refractivity contribution in [2.24, 2.45) is 5.92 Å². The summed E-state index contributed by atoms with van der Waals surface area (Å²) in [5.41, 5.74) is 0.800. The van der Waals surface area contributed by atoms with Gasteiger partial charge in [-0.05, 0) is 57.3 Å². The van der Waals surface area contributed by atoms with Crippen LogP contribution >= 0.6 is 0 Å². The van der Waals surface area contributed by atoms with E-state index in [0.29, 0.717) is 6.61 Å². The maximum Gasteiger partial charge on any atom is 0.227 e. The summed E-state index contributed by atoms with van der Waals surface area (Å²) in [4.78, 5) is 25.3. The molecule has 0 aliphatic carbocycles. The molecule has 1 aromatic heterocycles. The molecule has 144 valence electrons. The molecule has 0 unspecified atom stereocenters. The van der Waals surface area contributed by atoms with Crippen LogP contribution in [0.3, 0.4) is 0 Å². The lowest BCUT2D eigenvalue weighted by Crippen LogP contribution is -2.39. The topological polar surface area (TPSA) is 70.6 Å². The lowest BCUT2D eigenvalue weighted by molar-refractivity contribution is -0.120. The highest BCUT2D eigenvalue weighted by Crippen LogP contribution is 2.22. The number of likely N-dealkylation sites (N-methyl/N-ethyl adjacent to an activating group) is 1. The number of hydrogen-bond donors (Lipinski definition) is 1. The van der Waals surface area contributed by atoms with E-state index in [4.69, 9.17) is 4.74 Å². The van der Waals surface area contributed by atoms with Gasteiger partial charge in [-0.25, -0.2) is 9.97 Å². The maximum absolute atomic E-state index is 12.5. The van der Waals surface area contributed by atoms with E-state index >= 15 is 0 Å². The first-order valence-corrected chi connectivity index (χ1v) is 9.32. The number of aromatic nitrogens is 2. The smallest absolute Gasteiger partial charge is 0.227 e. The van der Waals surface area contributed by atoms with Gasteiger partial charge in [0.25, 0.3) is 0 Å². The summed E-state index contributed by atoms with van der Waals surface area (Å²) in [6, 6.07) is 9.36. The summed E-state index contributed by atoms with van der Waals surface area (Å²) < 4.78 is 5.68. The Morgan fingerprint density at radius 3 is 2.48 bits per heavy atom. The highest BCUT2D eigenvalue weighted by Gasteiger charge is 2.26. The third-order valence-corrected chi connectivity index (χ3v) is 4.63. The Labute approximate surface area is 160 Å². The average molecular weight is 369 g/mol. The highest BCUT2D eigenvalue weighted by atomic mass is 16.5. The fraction of sp³-hybridized carbons (Fsp3) is 0.450. The molecule has 1 aliphatic rings. The molecule has 1 amide bonds. The third kappa shape index (κ3) is 5.65. The molecule has 2 aromatic rings. The van der Waals surface area contributed by atoms with E-state index in [1.165, 1.54) is 0 Å². The summed E-state index contributed by atoms with van der Waals surface area (Å²) in [6.07, 6.45) is 5.09. The van der Waals surface area contributed by atoms with Crippen LogP contribution < -0.4 is 15.0 Å². The Morgan fingerprint density at radius 1 is 1.19 bits per heavy atom. The van der Waals surface area contributed by atoms with E-state index in [9.17, 15) is 4.79 Å². The molecule has 3 rings (SSSR count). The number of rotatable bonds is 7. The van der Waals surface area contributed by atoms with E-state index in [-0.39, 0.29) is 11.8 Å². The van der Waals surface area contributed by atoms with Crippen LogP contribution in [-0.4, -0.2) is 61.1 Å². The first-order valence-electron chi connectivity index (χ1n) is 9.32. The van der Waals surface area contributed by atoms with Gasteiger partial charge in [-0.2, -0.15) is 0 Å². The second kappa shape index (κ2) is 9.32. The van der Waals surface area contributed by atoms with E-state index in [1.54, 1.807) is 12.4 Å². The summed E-state index contributed by atoms with van der Waals surface area (Å²) in [5, 5.41) is 3.02. The molecule has 1 fully saturated rings. The van der Waals surface area contributed by atoms with Crippen LogP contribution in [0.25, 0.3) is 0 Å². The van der Waals surface area contributed by atoms with Crippen LogP contribution in [0, 0.1) is 5.92 Å². The van der Waals surface area contributed by atoms with Gasteiger partial charge in [-0.15, -0.1) is 0 Å². The Bertz CT molecular complexity index is 713. The van der Waals surface area contributed by atoms with Crippen LogP contribution in [0.5, 0.6) is 5.75 Å². The van der Waals surface area contributed by atoms with Crippen molar-refractivity contribution in [3.8, 4) is 5.75 Å². The lowest BCUT2D eigenvalue weighted by atomic mass is 9.96. The molecule has 7 nitrogen and oxygen atoms in total. The summed E-state index contributed by atoms with van der Waals surface area (Å²) >= 11 is 0. The van der Waals surface area contributed by atoms with Gasteiger partial charge >= 0.3 is 0 Å². The lowest BCUT2D eigenvalue weighted by Gasteiger charge is -2.31. The van der Waals surface area contributed by atoms with Crippen molar-refractivity contribution in [3.05, 3.63) is 42.7 Å². The van der Waals surface area contributed by atoms with Crippen molar-refractivity contribution < 1.29 is 9.53 Å². The van der Waals surface area contributed by atoms with Gasteiger partial charge in [0.1, 0.15) is 12.4 Å². The van der Waals surface area contributed by atoms with E-state index in [0.717, 1.165) is 49.9 Å². The predicted molar refractivity (Wildman–Crippen MR) is 106 cm³/mol. The minimum Gasteiger partial charge on any atom is -0.492 e. The molecule has 27 heavy (non-hydrogen) atoms. The highest BCUT2D eigenvalue weighted by molar-refractivity contribution is 5.92. The van der Waals surface area contributed by atoms with Crippen LogP contribution in [0.2, 0.25) is 0 Å². The van der Waals surface area contributed by atoms with Crippen molar-refractivity contribution >= 4 is 17.5 Å². The SMILES string of the molecule is CN(C)CCOc1ccc(NC(=O)C2CCN(c3ncccn3)CC2)cc1. The standard InChI is InChI=1S/C20H27N5O2/c1-24(2)14-15-27-18-6-4-17(5-7-18)23-19(26)16-8-12-25(13-9-16)20-21-10-3-11-22-20/h3-7,10-11,16H,8-9,12-15H2,1-2H3,(H,23,26). The number of nitrogens with one attached hydrogen (secondary N) is 1. The van der Waals surface area contributed by atoms with Crippen LogP contribution in [0.1, 0.15) is 12.8 Å². The predicted octanol–water partition coefficient (Wildman–Crippen LogP) is 2.27. The minimum atomic E-state index is 0.0148. The molecule has 1 aromatic carbocycles. The Balaban J connectivity index is 1.45. The quantitative estimate of drug-likeness (QED) is 0.807. The number of carbonyl (C=O) groups is 1. The number of ether oxygens (including phenoxy) is 1. The fourth-order valence-corrected chi connectivity index (χ4v) is 3.02. The summed E-state index contributed by atoms with van der Waals surface area (Å²) in [7, 11) is 4.03. The molecule has 1 saturated heterocycles. The van der Waals surface area contributed by atoms with Crippen LogP contribution in [-0.2, 0) is 4.79 Å². The monoisotopic (exact) mass is 369 g/mol. The van der Waals surface area contributed by atoms with Gasteiger partial charge in [-0.3, -0.25) is 4.79 Å². The van der Waals surface area contributed by atoms with Crippen molar-refractivity contribution in [1.82, 2.24) is 14.9 Å². The summed E-state index contributed by atoms with van der Waals surface area (Å²) in [6.45, 7) is 3.09. The van der Waals surface area contributed by atoms with Crippen molar-refractivity contribution in [2.75, 3.05) is 50.6 Å². The molecule has 0 saturated carbocycles. The molecule has 2 heterocycles. The first kappa shape index (κ1) is 19.1. The van der Waals surface area contributed by atoms with Gasteiger partial charge in [0.2, 0.25) is 11.9 Å². The Kier molecular flexibility index (Phi) is 6.59. The number of carbonyl (C=O) groups excluding carboxylic acids is 1. The molecule has 7 heteroatoms. The zero-order valence-corrected chi connectivity index (χ0v) is 16.0. The van der Waals surface area contributed by atoms with E-state index in [2.05, 4.69) is 25.1 Å². The summed E-state index contributed by atoms with van der Waals surface area (Å²) in [5.74, 6) is 1.64. The zero-order valence-electron chi connectivity index (χ0n) is 16.0. The van der Waals surface area contributed by atoms with E-state index in [1.807, 2.05) is 44.4 Å². The number of nitrogens with zero attached hydrogens (tertiary/aromatic N) is 4. The number of hydrogen-bond acceptors (Lipinski definition) is 6. The van der Waals surface area contributed by atoms with Crippen molar-refractivity contribution in [1.29, 1.82) is 0 Å².